The number of alkyl halides is 1. The topological polar surface area (TPSA) is 12.5 Å². The number of halogens is 1. The number of ether oxygens (including phenoxy) is 1. The molecule has 0 saturated heterocycles. The highest BCUT2D eigenvalue weighted by molar-refractivity contribution is 9.09. The van der Waals surface area contributed by atoms with Gasteiger partial charge in [-0.2, -0.15) is 0 Å². The van der Waals surface area contributed by atoms with Crippen molar-refractivity contribution in [1.29, 1.82) is 0 Å². The Bertz CT molecular complexity index is 317. The minimum Gasteiger partial charge on any atom is -0.497 e. The van der Waals surface area contributed by atoms with Crippen LogP contribution < -0.4 is 4.74 Å². The Morgan fingerprint density at radius 3 is 2.76 bits per heavy atom. The fourth-order valence-corrected chi connectivity index (χ4v) is 2.21. The Balaban J connectivity index is 2.31. The van der Waals surface area contributed by atoms with Crippen LogP contribution >= 0.6 is 15.9 Å². The molecular formula is C14H22BrNO. The maximum absolute atomic E-state index is 5.23. The SMILES string of the molecule is COc1cccc(CN(C)CCCCCBr)c1. The first-order valence-corrected chi connectivity index (χ1v) is 7.26. The van der Waals surface area contributed by atoms with Crippen LogP contribution in [0.3, 0.4) is 0 Å². The molecule has 0 aliphatic heterocycles. The summed E-state index contributed by atoms with van der Waals surface area (Å²) in [7, 11) is 3.89. The van der Waals surface area contributed by atoms with Crippen molar-refractivity contribution in [2.24, 2.45) is 0 Å². The zero-order valence-electron chi connectivity index (χ0n) is 10.8. The molecule has 0 spiro atoms. The zero-order chi connectivity index (χ0) is 12.5. The molecule has 0 aliphatic carbocycles. The predicted molar refractivity (Wildman–Crippen MR) is 77.0 cm³/mol. The molecule has 96 valence electrons. The summed E-state index contributed by atoms with van der Waals surface area (Å²) in [6, 6.07) is 8.29. The van der Waals surface area contributed by atoms with Gasteiger partial charge in [0.25, 0.3) is 0 Å². The Kier molecular flexibility index (Phi) is 7.29. The molecule has 0 aromatic heterocycles. The van der Waals surface area contributed by atoms with Crippen molar-refractivity contribution in [3.8, 4) is 5.75 Å². The second-order valence-electron chi connectivity index (χ2n) is 4.34. The molecule has 0 bridgehead atoms. The summed E-state index contributed by atoms with van der Waals surface area (Å²) >= 11 is 3.46. The van der Waals surface area contributed by atoms with Crippen LogP contribution in [-0.2, 0) is 6.54 Å². The highest BCUT2D eigenvalue weighted by Gasteiger charge is 2.01. The summed E-state index contributed by atoms with van der Waals surface area (Å²) in [6.07, 6.45) is 3.84. The molecule has 1 rings (SSSR count). The molecule has 1 aromatic rings. The van der Waals surface area contributed by atoms with Gasteiger partial charge in [-0.1, -0.05) is 34.5 Å². The van der Waals surface area contributed by atoms with Gasteiger partial charge >= 0.3 is 0 Å². The van der Waals surface area contributed by atoms with E-state index in [1.165, 1.54) is 24.8 Å². The van der Waals surface area contributed by atoms with Crippen molar-refractivity contribution in [1.82, 2.24) is 4.90 Å². The Morgan fingerprint density at radius 2 is 2.06 bits per heavy atom. The Morgan fingerprint density at radius 1 is 1.24 bits per heavy atom. The van der Waals surface area contributed by atoms with Crippen LogP contribution in [-0.4, -0.2) is 30.9 Å². The molecule has 3 heteroatoms. The van der Waals surface area contributed by atoms with Gasteiger partial charge in [0.2, 0.25) is 0 Å². The van der Waals surface area contributed by atoms with E-state index in [-0.39, 0.29) is 0 Å². The monoisotopic (exact) mass is 299 g/mol. The molecule has 17 heavy (non-hydrogen) atoms. The van der Waals surface area contributed by atoms with Crippen molar-refractivity contribution < 1.29 is 4.74 Å². The molecule has 0 saturated carbocycles. The zero-order valence-corrected chi connectivity index (χ0v) is 12.4. The lowest BCUT2D eigenvalue weighted by atomic mass is 10.2. The second kappa shape index (κ2) is 8.54. The smallest absolute Gasteiger partial charge is 0.119 e. The molecule has 1 aromatic carbocycles. The van der Waals surface area contributed by atoms with Gasteiger partial charge in [-0.3, -0.25) is 0 Å². The lowest BCUT2D eigenvalue weighted by Gasteiger charge is -2.16. The third-order valence-corrected chi connectivity index (χ3v) is 3.32. The Hall–Kier alpha value is -0.540. The first-order chi connectivity index (χ1) is 8.26. The van der Waals surface area contributed by atoms with Gasteiger partial charge in [0.1, 0.15) is 5.75 Å². The third-order valence-electron chi connectivity index (χ3n) is 2.76. The second-order valence-corrected chi connectivity index (χ2v) is 5.13. The number of benzene rings is 1. The van der Waals surface area contributed by atoms with E-state index in [0.717, 1.165) is 24.2 Å². The summed E-state index contributed by atoms with van der Waals surface area (Å²) in [6.45, 7) is 2.15. The van der Waals surface area contributed by atoms with Gasteiger partial charge in [0.05, 0.1) is 7.11 Å². The molecular weight excluding hydrogens is 278 g/mol. The van der Waals surface area contributed by atoms with E-state index in [4.69, 9.17) is 4.74 Å². The maximum Gasteiger partial charge on any atom is 0.119 e. The van der Waals surface area contributed by atoms with Gasteiger partial charge in [-0.25, -0.2) is 0 Å². The van der Waals surface area contributed by atoms with Crippen LogP contribution in [0.2, 0.25) is 0 Å². The van der Waals surface area contributed by atoms with Crippen molar-refractivity contribution in [2.75, 3.05) is 26.0 Å². The number of nitrogens with zero attached hydrogens (tertiary/aromatic N) is 1. The highest BCUT2D eigenvalue weighted by atomic mass is 79.9. The minimum absolute atomic E-state index is 0.940. The number of hydrogen-bond donors (Lipinski definition) is 0. The molecule has 2 nitrogen and oxygen atoms in total. The van der Waals surface area contributed by atoms with E-state index in [9.17, 15) is 0 Å². The quantitative estimate of drug-likeness (QED) is 0.536. The van der Waals surface area contributed by atoms with Gasteiger partial charge < -0.3 is 9.64 Å². The fraction of sp³-hybridized carbons (Fsp3) is 0.571. The van der Waals surface area contributed by atoms with E-state index in [1.807, 2.05) is 12.1 Å². The van der Waals surface area contributed by atoms with Crippen molar-refractivity contribution in [3.63, 3.8) is 0 Å². The molecule has 0 unspecified atom stereocenters. The first kappa shape index (κ1) is 14.5. The van der Waals surface area contributed by atoms with E-state index in [1.54, 1.807) is 7.11 Å². The number of unbranched alkanes of at least 4 members (excludes halogenated alkanes) is 2. The van der Waals surface area contributed by atoms with Gasteiger partial charge in [0, 0.05) is 11.9 Å². The number of methoxy groups -OCH3 is 1. The molecule has 0 atom stereocenters. The van der Waals surface area contributed by atoms with Crippen molar-refractivity contribution in [3.05, 3.63) is 29.8 Å². The molecule has 0 N–H and O–H groups in total. The molecule has 0 aliphatic rings. The van der Waals surface area contributed by atoms with E-state index in [0.29, 0.717) is 0 Å². The summed E-state index contributed by atoms with van der Waals surface area (Å²) < 4.78 is 5.23. The Labute approximate surface area is 113 Å². The van der Waals surface area contributed by atoms with Crippen LogP contribution in [0.5, 0.6) is 5.75 Å². The average molecular weight is 300 g/mol. The summed E-state index contributed by atoms with van der Waals surface area (Å²) in [4.78, 5) is 2.36. The largest absolute Gasteiger partial charge is 0.497 e. The van der Waals surface area contributed by atoms with Gasteiger partial charge in [-0.15, -0.1) is 0 Å². The highest BCUT2D eigenvalue weighted by Crippen LogP contribution is 2.14. The van der Waals surface area contributed by atoms with Crippen LogP contribution in [0.25, 0.3) is 0 Å². The van der Waals surface area contributed by atoms with Crippen LogP contribution in [0.15, 0.2) is 24.3 Å². The molecule has 0 amide bonds. The lowest BCUT2D eigenvalue weighted by molar-refractivity contribution is 0.317. The van der Waals surface area contributed by atoms with Gasteiger partial charge in [-0.05, 0) is 44.1 Å². The lowest BCUT2D eigenvalue weighted by Crippen LogP contribution is -2.19. The number of rotatable bonds is 8. The first-order valence-electron chi connectivity index (χ1n) is 6.13. The molecule has 0 radical (unpaired) electrons. The fourth-order valence-electron chi connectivity index (χ4n) is 1.81. The van der Waals surface area contributed by atoms with E-state index in [2.05, 4.69) is 40.0 Å². The standard InChI is InChI=1S/C14H22BrNO/c1-16(10-5-3-4-9-15)12-13-7-6-8-14(11-13)17-2/h6-8,11H,3-5,9-10,12H2,1-2H3. The van der Waals surface area contributed by atoms with Crippen LogP contribution in [0.1, 0.15) is 24.8 Å². The number of hydrogen-bond acceptors (Lipinski definition) is 2. The molecule has 0 fully saturated rings. The van der Waals surface area contributed by atoms with Crippen molar-refractivity contribution in [2.45, 2.75) is 25.8 Å². The average Bonchev–Trinajstić information content (AvgIpc) is 2.35. The van der Waals surface area contributed by atoms with Gasteiger partial charge in [0.15, 0.2) is 0 Å². The van der Waals surface area contributed by atoms with Crippen LogP contribution in [0, 0.1) is 0 Å². The predicted octanol–water partition coefficient (Wildman–Crippen LogP) is 3.69. The van der Waals surface area contributed by atoms with E-state index < -0.39 is 0 Å². The minimum atomic E-state index is 0.940. The summed E-state index contributed by atoms with van der Waals surface area (Å²) in [5.74, 6) is 0.940. The third kappa shape index (κ3) is 6.08. The van der Waals surface area contributed by atoms with E-state index >= 15 is 0 Å². The van der Waals surface area contributed by atoms with Crippen molar-refractivity contribution >= 4 is 15.9 Å². The molecule has 0 heterocycles. The normalized spacial score (nSPS) is 10.8. The summed E-state index contributed by atoms with van der Waals surface area (Å²) in [5.41, 5.74) is 1.31. The maximum atomic E-state index is 5.23. The summed E-state index contributed by atoms with van der Waals surface area (Å²) in [5, 5.41) is 1.12. The van der Waals surface area contributed by atoms with Crippen LogP contribution in [0.4, 0.5) is 0 Å².